The highest BCUT2D eigenvalue weighted by Crippen LogP contribution is 2.43. The van der Waals surface area contributed by atoms with Crippen molar-refractivity contribution in [2.45, 2.75) is 70.0 Å². The summed E-state index contributed by atoms with van der Waals surface area (Å²) < 4.78 is 2.07. The molecule has 0 spiro atoms. The number of hydrogen-bond donors (Lipinski definition) is 0. The van der Waals surface area contributed by atoms with Crippen LogP contribution in [0.4, 0.5) is 5.69 Å². The van der Waals surface area contributed by atoms with Gasteiger partial charge in [-0.1, -0.05) is 26.0 Å². The fourth-order valence-electron chi connectivity index (χ4n) is 4.25. The molecule has 25 heavy (non-hydrogen) atoms. The summed E-state index contributed by atoms with van der Waals surface area (Å²) >= 11 is 0. The number of nitrogens with zero attached hydrogens (tertiary/aromatic N) is 6. The van der Waals surface area contributed by atoms with Crippen LogP contribution in [0, 0.1) is 11.3 Å². The van der Waals surface area contributed by atoms with Crippen LogP contribution >= 0.6 is 0 Å². The van der Waals surface area contributed by atoms with E-state index in [1.54, 1.807) is 6.20 Å². The molecule has 2 aromatic heterocycles. The van der Waals surface area contributed by atoms with E-state index in [-0.39, 0.29) is 5.41 Å². The zero-order valence-corrected chi connectivity index (χ0v) is 15.1. The second-order valence-electron chi connectivity index (χ2n) is 8.23. The lowest BCUT2D eigenvalue weighted by molar-refractivity contribution is 0.310. The van der Waals surface area contributed by atoms with Crippen LogP contribution in [0.2, 0.25) is 0 Å². The highest BCUT2D eigenvalue weighted by Gasteiger charge is 2.42. The number of pyridine rings is 1. The number of anilines is 1. The van der Waals surface area contributed by atoms with Gasteiger partial charge in [0.15, 0.2) is 5.69 Å². The van der Waals surface area contributed by atoms with Crippen molar-refractivity contribution >= 4 is 5.69 Å². The first-order valence-electron chi connectivity index (χ1n) is 9.03. The molecule has 2 saturated heterocycles. The van der Waals surface area contributed by atoms with Gasteiger partial charge in [0.2, 0.25) is 0 Å². The molecule has 2 fully saturated rings. The molecule has 0 saturated carbocycles. The van der Waals surface area contributed by atoms with Gasteiger partial charge in [-0.3, -0.25) is 0 Å². The second-order valence-corrected chi connectivity index (χ2v) is 8.23. The average molecular weight is 336 g/mol. The van der Waals surface area contributed by atoms with E-state index in [0.717, 1.165) is 24.2 Å². The van der Waals surface area contributed by atoms with Crippen LogP contribution in [0.1, 0.15) is 63.9 Å². The van der Waals surface area contributed by atoms with Crippen LogP contribution in [-0.4, -0.2) is 32.1 Å². The molecule has 2 aromatic rings. The molecule has 2 aliphatic heterocycles. The molecule has 4 rings (SSSR count). The number of aromatic nitrogens is 4. The summed E-state index contributed by atoms with van der Waals surface area (Å²) in [5.74, 6) is 0. The molecule has 0 N–H and O–H groups in total. The van der Waals surface area contributed by atoms with Gasteiger partial charge in [-0.15, -0.1) is 5.10 Å². The highest BCUT2D eigenvalue weighted by atomic mass is 15.4. The topological polar surface area (TPSA) is 70.6 Å². The van der Waals surface area contributed by atoms with E-state index < -0.39 is 0 Å². The van der Waals surface area contributed by atoms with Crippen molar-refractivity contribution in [3.63, 3.8) is 0 Å². The molecule has 0 aromatic carbocycles. The highest BCUT2D eigenvalue weighted by molar-refractivity contribution is 5.58. The summed E-state index contributed by atoms with van der Waals surface area (Å²) in [5, 5.41) is 18.2. The van der Waals surface area contributed by atoms with Crippen LogP contribution in [-0.2, 0) is 5.41 Å². The number of hydrogen-bond acceptors (Lipinski definition) is 5. The Balaban J connectivity index is 1.58. The van der Waals surface area contributed by atoms with Crippen molar-refractivity contribution in [1.82, 2.24) is 20.0 Å². The lowest BCUT2D eigenvalue weighted by atomic mass is 9.92. The molecule has 2 atom stereocenters. The van der Waals surface area contributed by atoms with Crippen molar-refractivity contribution in [3.05, 3.63) is 35.9 Å². The minimum Gasteiger partial charge on any atom is -0.363 e. The maximum atomic E-state index is 9.39. The number of rotatable bonds is 2. The number of piperidine rings is 1. The van der Waals surface area contributed by atoms with Gasteiger partial charge in [0, 0.05) is 29.9 Å². The smallest absolute Gasteiger partial charge is 0.163 e. The largest absolute Gasteiger partial charge is 0.363 e. The average Bonchev–Trinajstić information content (AvgIpc) is 3.18. The molecule has 130 valence electrons. The molecule has 6 heteroatoms. The monoisotopic (exact) mass is 336 g/mol. The van der Waals surface area contributed by atoms with Gasteiger partial charge in [0.25, 0.3) is 0 Å². The Morgan fingerprint density at radius 2 is 1.88 bits per heavy atom. The van der Waals surface area contributed by atoms with Crippen molar-refractivity contribution in [1.29, 1.82) is 5.26 Å². The lowest BCUT2D eigenvalue weighted by Crippen LogP contribution is -2.44. The van der Waals surface area contributed by atoms with Crippen molar-refractivity contribution in [3.8, 4) is 6.07 Å². The standard InChI is InChI=1S/C19H24N6/c1-19(2,3)18-12-24(23-22-18)15-9-13-6-7-14(10-15)25(13)17-5-4-8-21-16(17)11-20/h4-5,8,12-15H,6-7,9-10H2,1-3H3. The van der Waals surface area contributed by atoms with Crippen molar-refractivity contribution < 1.29 is 0 Å². The Kier molecular flexibility index (Phi) is 3.75. The van der Waals surface area contributed by atoms with Crippen LogP contribution in [0.25, 0.3) is 0 Å². The molecular formula is C19H24N6. The predicted molar refractivity (Wildman–Crippen MR) is 95.2 cm³/mol. The van der Waals surface area contributed by atoms with Gasteiger partial charge >= 0.3 is 0 Å². The Labute approximate surface area is 148 Å². The molecule has 6 nitrogen and oxygen atoms in total. The molecule has 2 aliphatic rings. The van der Waals surface area contributed by atoms with E-state index >= 15 is 0 Å². The van der Waals surface area contributed by atoms with Crippen LogP contribution in [0.5, 0.6) is 0 Å². The van der Waals surface area contributed by atoms with Gasteiger partial charge in [-0.25, -0.2) is 9.67 Å². The van der Waals surface area contributed by atoms with E-state index in [1.165, 1.54) is 12.8 Å². The third-order valence-electron chi connectivity index (χ3n) is 5.53. The van der Waals surface area contributed by atoms with Crippen molar-refractivity contribution in [2.75, 3.05) is 4.90 Å². The normalized spacial score (nSPS) is 25.8. The molecule has 2 unspecified atom stereocenters. The Morgan fingerprint density at radius 1 is 1.16 bits per heavy atom. The first-order chi connectivity index (χ1) is 12.0. The fourth-order valence-corrected chi connectivity index (χ4v) is 4.25. The van der Waals surface area contributed by atoms with Gasteiger partial charge in [-0.05, 0) is 37.8 Å². The molecule has 4 heterocycles. The Morgan fingerprint density at radius 3 is 2.48 bits per heavy atom. The quantitative estimate of drug-likeness (QED) is 0.842. The first kappa shape index (κ1) is 16.1. The Hall–Kier alpha value is -2.42. The summed E-state index contributed by atoms with van der Waals surface area (Å²) in [5.41, 5.74) is 2.59. The zero-order valence-electron chi connectivity index (χ0n) is 15.1. The maximum absolute atomic E-state index is 9.39. The molecular weight excluding hydrogens is 312 g/mol. The zero-order chi connectivity index (χ0) is 17.6. The van der Waals surface area contributed by atoms with E-state index in [0.29, 0.717) is 23.8 Å². The maximum Gasteiger partial charge on any atom is 0.163 e. The molecule has 2 bridgehead atoms. The SMILES string of the molecule is CC(C)(C)c1cn(C2CC3CCC(C2)N3c2cccnc2C#N)nn1. The minimum absolute atomic E-state index is 0.0232. The van der Waals surface area contributed by atoms with E-state index in [9.17, 15) is 5.26 Å². The summed E-state index contributed by atoms with van der Waals surface area (Å²) in [6, 6.07) is 7.48. The summed E-state index contributed by atoms with van der Waals surface area (Å²) in [4.78, 5) is 6.68. The van der Waals surface area contributed by atoms with Crippen LogP contribution in [0.3, 0.4) is 0 Å². The van der Waals surface area contributed by atoms with Crippen molar-refractivity contribution in [2.24, 2.45) is 0 Å². The minimum atomic E-state index is 0.0232. The second kappa shape index (κ2) is 5.83. The fraction of sp³-hybridized carbons (Fsp3) is 0.579. The van der Waals surface area contributed by atoms with E-state index in [1.807, 2.05) is 12.1 Å². The molecule has 0 aliphatic carbocycles. The first-order valence-corrected chi connectivity index (χ1v) is 9.03. The molecule has 0 amide bonds. The third-order valence-corrected chi connectivity index (χ3v) is 5.53. The van der Waals surface area contributed by atoms with Crippen LogP contribution < -0.4 is 4.90 Å². The van der Waals surface area contributed by atoms with Crippen LogP contribution in [0.15, 0.2) is 24.5 Å². The Bertz CT molecular complexity index is 798. The molecule has 0 radical (unpaired) electrons. The third kappa shape index (κ3) is 2.78. The number of fused-ring (bicyclic) bond motifs is 2. The summed E-state index contributed by atoms with van der Waals surface area (Å²) in [6.45, 7) is 6.50. The van der Waals surface area contributed by atoms with Gasteiger partial charge in [0.05, 0.1) is 17.4 Å². The summed E-state index contributed by atoms with van der Waals surface area (Å²) in [7, 11) is 0. The van der Waals surface area contributed by atoms with Gasteiger partial charge in [0.1, 0.15) is 6.07 Å². The summed E-state index contributed by atoms with van der Waals surface area (Å²) in [6.07, 6.45) is 8.24. The van der Waals surface area contributed by atoms with E-state index in [4.69, 9.17) is 0 Å². The van der Waals surface area contributed by atoms with Gasteiger partial charge in [-0.2, -0.15) is 5.26 Å². The number of nitriles is 1. The predicted octanol–water partition coefficient (Wildman–Crippen LogP) is 3.21. The van der Waals surface area contributed by atoms with Gasteiger partial charge < -0.3 is 4.90 Å². The lowest BCUT2D eigenvalue weighted by Gasteiger charge is -2.40. The van der Waals surface area contributed by atoms with E-state index in [2.05, 4.69) is 57.9 Å².